The van der Waals surface area contributed by atoms with E-state index in [4.69, 9.17) is 14.5 Å². The SMILES string of the molecule is C=C(C)c1ccc2c(c1)CCc1c(C[C@H](CCCNC(=O)OC(C)(C)C)C(=O)O[C@H](c3ccccc3)[C@H](C)N3CCCC3)ncn1-2. The molecular formula is C38H50N4O4. The number of aromatic nitrogens is 2. The molecule has 1 saturated heterocycles. The summed E-state index contributed by atoms with van der Waals surface area (Å²) >= 11 is 0. The van der Waals surface area contributed by atoms with E-state index in [1.165, 1.54) is 5.56 Å². The van der Waals surface area contributed by atoms with Crippen molar-refractivity contribution in [2.24, 2.45) is 5.92 Å². The van der Waals surface area contributed by atoms with Crippen molar-refractivity contribution >= 4 is 17.6 Å². The zero-order valence-corrected chi connectivity index (χ0v) is 28.2. The molecule has 46 heavy (non-hydrogen) atoms. The van der Waals surface area contributed by atoms with E-state index < -0.39 is 17.6 Å². The third kappa shape index (κ3) is 8.27. The summed E-state index contributed by atoms with van der Waals surface area (Å²) in [6.07, 6.45) is 6.79. The molecule has 3 heterocycles. The molecule has 0 unspecified atom stereocenters. The molecule has 246 valence electrons. The Labute approximate surface area is 274 Å². The van der Waals surface area contributed by atoms with Crippen molar-refractivity contribution in [2.45, 2.75) is 97.3 Å². The van der Waals surface area contributed by atoms with E-state index in [0.29, 0.717) is 25.8 Å². The number of carbonyl (C=O) groups is 2. The lowest BCUT2D eigenvalue weighted by Crippen LogP contribution is -2.38. The van der Waals surface area contributed by atoms with Crippen molar-refractivity contribution in [3.05, 3.63) is 89.5 Å². The van der Waals surface area contributed by atoms with Gasteiger partial charge in [-0.15, -0.1) is 0 Å². The maximum atomic E-state index is 14.2. The van der Waals surface area contributed by atoms with Gasteiger partial charge in [-0.1, -0.05) is 48.6 Å². The molecule has 5 rings (SSSR count). The van der Waals surface area contributed by atoms with Crippen LogP contribution in [0.5, 0.6) is 0 Å². The van der Waals surface area contributed by atoms with Gasteiger partial charge in [0, 0.05) is 24.7 Å². The molecule has 3 atom stereocenters. The number of hydrogen-bond acceptors (Lipinski definition) is 6. The van der Waals surface area contributed by atoms with Crippen molar-refractivity contribution in [3.63, 3.8) is 0 Å². The van der Waals surface area contributed by atoms with Crippen molar-refractivity contribution in [1.29, 1.82) is 0 Å². The van der Waals surface area contributed by atoms with Gasteiger partial charge in [0.1, 0.15) is 11.7 Å². The van der Waals surface area contributed by atoms with Crippen LogP contribution in [0.4, 0.5) is 4.79 Å². The predicted octanol–water partition coefficient (Wildman–Crippen LogP) is 7.24. The van der Waals surface area contributed by atoms with Gasteiger partial charge in [0.2, 0.25) is 0 Å². The molecule has 3 aromatic rings. The molecule has 0 saturated carbocycles. The molecule has 0 aliphatic carbocycles. The first-order chi connectivity index (χ1) is 22.0. The van der Waals surface area contributed by atoms with Gasteiger partial charge in [0.05, 0.1) is 23.6 Å². The topological polar surface area (TPSA) is 85.7 Å². The number of nitrogens with zero attached hydrogens (tertiary/aromatic N) is 3. The van der Waals surface area contributed by atoms with E-state index in [1.807, 2.05) is 64.4 Å². The number of nitrogens with one attached hydrogen (secondary N) is 1. The molecule has 2 aliphatic heterocycles. The second kappa shape index (κ2) is 14.7. The minimum Gasteiger partial charge on any atom is -0.456 e. The van der Waals surface area contributed by atoms with Crippen molar-refractivity contribution in [1.82, 2.24) is 19.8 Å². The molecule has 1 aromatic heterocycles. The third-order valence-corrected chi connectivity index (χ3v) is 9.11. The molecule has 2 aromatic carbocycles. The minimum atomic E-state index is -0.570. The van der Waals surface area contributed by atoms with Gasteiger partial charge in [-0.2, -0.15) is 0 Å². The van der Waals surface area contributed by atoms with Gasteiger partial charge >= 0.3 is 12.1 Å². The number of benzene rings is 2. The summed E-state index contributed by atoms with van der Waals surface area (Å²) in [5, 5.41) is 2.84. The van der Waals surface area contributed by atoms with Crippen molar-refractivity contribution < 1.29 is 19.1 Å². The molecule has 0 spiro atoms. The van der Waals surface area contributed by atoms with E-state index in [-0.39, 0.29) is 18.1 Å². The number of rotatable bonds is 12. The fourth-order valence-corrected chi connectivity index (χ4v) is 6.63. The number of hydrogen-bond donors (Lipinski definition) is 1. The maximum Gasteiger partial charge on any atom is 0.407 e. The number of ether oxygens (including phenoxy) is 2. The normalized spacial score (nSPS) is 16.5. The summed E-state index contributed by atoms with van der Waals surface area (Å²) in [6.45, 7) is 16.3. The molecular weight excluding hydrogens is 576 g/mol. The van der Waals surface area contributed by atoms with Crippen LogP contribution in [0, 0.1) is 5.92 Å². The first kappa shape index (κ1) is 33.5. The number of allylic oxidation sites excluding steroid dienone is 1. The zero-order valence-electron chi connectivity index (χ0n) is 28.2. The van der Waals surface area contributed by atoms with Crippen LogP contribution in [0.15, 0.2) is 61.4 Å². The predicted molar refractivity (Wildman–Crippen MR) is 182 cm³/mol. The van der Waals surface area contributed by atoms with Crippen LogP contribution in [0.3, 0.4) is 0 Å². The smallest absolute Gasteiger partial charge is 0.407 e. The van der Waals surface area contributed by atoms with E-state index in [0.717, 1.165) is 72.5 Å². The average Bonchev–Trinajstić information content (AvgIpc) is 3.71. The molecule has 1 amide bonds. The Morgan fingerprint density at radius 2 is 1.80 bits per heavy atom. The summed E-state index contributed by atoms with van der Waals surface area (Å²) in [7, 11) is 0. The van der Waals surface area contributed by atoms with Gasteiger partial charge in [-0.25, -0.2) is 9.78 Å². The van der Waals surface area contributed by atoms with Crippen LogP contribution < -0.4 is 5.32 Å². The summed E-state index contributed by atoms with van der Waals surface area (Å²) < 4.78 is 14.0. The third-order valence-electron chi connectivity index (χ3n) is 9.11. The largest absolute Gasteiger partial charge is 0.456 e. The summed E-state index contributed by atoms with van der Waals surface area (Å²) in [6, 6.07) is 16.6. The Kier molecular flexibility index (Phi) is 10.7. The van der Waals surface area contributed by atoms with Crippen LogP contribution in [0.2, 0.25) is 0 Å². The Bertz CT molecular complexity index is 1520. The fourth-order valence-electron chi connectivity index (χ4n) is 6.63. The van der Waals surface area contributed by atoms with Crippen LogP contribution >= 0.6 is 0 Å². The Balaban J connectivity index is 1.36. The van der Waals surface area contributed by atoms with Gasteiger partial charge in [-0.3, -0.25) is 9.69 Å². The molecule has 2 aliphatic rings. The second-order valence-corrected chi connectivity index (χ2v) is 13.9. The van der Waals surface area contributed by atoms with Crippen molar-refractivity contribution in [2.75, 3.05) is 19.6 Å². The molecule has 1 fully saturated rings. The number of alkyl carbamates (subject to hydrolysis) is 1. The highest BCUT2D eigenvalue weighted by atomic mass is 16.6. The molecule has 8 heteroatoms. The fraction of sp³-hybridized carbons (Fsp3) is 0.500. The highest BCUT2D eigenvalue weighted by Gasteiger charge is 2.33. The number of amides is 1. The molecule has 1 N–H and O–H groups in total. The molecule has 0 radical (unpaired) electrons. The highest BCUT2D eigenvalue weighted by Crippen LogP contribution is 2.32. The standard InChI is InChI=1S/C38H50N4O4/c1-26(2)29-16-18-33-30(23-29)17-19-34-32(40-25-42(33)34)24-31(15-12-20-39-37(44)46-38(4,5)6)36(43)45-35(28-13-8-7-9-14-28)27(3)41-21-10-11-22-41/h7-9,13-14,16,18,23,25,27,31,35H,1,10-12,15,17,19-22,24H2,2-6H3,(H,39,44)/t27-,31-,35-/m0/s1. The van der Waals surface area contributed by atoms with Crippen LogP contribution in [-0.2, 0) is 33.5 Å². The van der Waals surface area contributed by atoms with Crippen molar-refractivity contribution in [3.8, 4) is 5.69 Å². The second-order valence-electron chi connectivity index (χ2n) is 13.9. The lowest BCUT2D eigenvalue weighted by atomic mass is 9.93. The zero-order chi connectivity index (χ0) is 32.8. The average molecular weight is 627 g/mol. The monoisotopic (exact) mass is 626 g/mol. The quantitative estimate of drug-likeness (QED) is 0.169. The van der Waals surface area contributed by atoms with Gasteiger partial charge < -0.3 is 19.4 Å². The van der Waals surface area contributed by atoms with Crippen LogP contribution in [-0.4, -0.2) is 57.8 Å². The van der Waals surface area contributed by atoms with E-state index in [2.05, 4.69) is 46.5 Å². The summed E-state index contributed by atoms with van der Waals surface area (Å²) in [4.78, 5) is 33.7. The number of carbonyl (C=O) groups excluding carboxylic acids is 2. The molecule has 8 nitrogen and oxygen atoms in total. The minimum absolute atomic E-state index is 0.0595. The van der Waals surface area contributed by atoms with E-state index >= 15 is 0 Å². The Morgan fingerprint density at radius 3 is 2.50 bits per heavy atom. The Hall–Kier alpha value is -3.91. The van der Waals surface area contributed by atoms with Gasteiger partial charge in [0.15, 0.2) is 0 Å². The van der Waals surface area contributed by atoms with Gasteiger partial charge in [-0.05, 0) is 115 Å². The van der Waals surface area contributed by atoms with E-state index in [9.17, 15) is 9.59 Å². The molecule has 0 bridgehead atoms. The summed E-state index contributed by atoms with van der Waals surface area (Å²) in [5.41, 5.74) is 7.13. The van der Waals surface area contributed by atoms with Crippen LogP contribution in [0.25, 0.3) is 11.3 Å². The highest BCUT2D eigenvalue weighted by molar-refractivity contribution is 5.73. The lowest BCUT2D eigenvalue weighted by molar-refractivity contribution is -0.158. The first-order valence-electron chi connectivity index (χ1n) is 16.8. The Morgan fingerprint density at radius 1 is 1.07 bits per heavy atom. The van der Waals surface area contributed by atoms with Crippen LogP contribution in [0.1, 0.15) is 94.5 Å². The maximum absolute atomic E-state index is 14.2. The summed E-state index contributed by atoms with van der Waals surface area (Å²) in [5.74, 6) is -0.634. The van der Waals surface area contributed by atoms with E-state index in [1.54, 1.807) is 0 Å². The lowest BCUT2D eigenvalue weighted by Gasteiger charge is -2.32. The number of imidazole rings is 1. The first-order valence-corrected chi connectivity index (χ1v) is 16.8. The number of esters is 1. The number of likely N-dealkylation sites (tertiary alicyclic amines) is 1. The number of fused-ring (bicyclic) bond motifs is 3. The number of aryl methyl sites for hydroxylation is 1. The van der Waals surface area contributed by atoms with Gasteiger partial charge in [0.25, 0.3) is 0 Å².